The molecular weight excluding hydrogens is 400 g/mol. The summed E-state index contributed by atoms with van der Waals surface area (Å²) in [5.74, 6) is -0.296. The first-order valence-electron chi connectivity index (χ1n) is 10.7. The summed E-state index contributed by atoms with van der Waals surface area (Å²) in [6.07, 6.45) is 3.73. The van der Waals surface area contributed by atoms with Crippen LogP contribution in [-0.2, 0) is 0 Å². The molecule has 3 aromatic rings. The highest BCUT2D eigenvalue weighted by atomic mass is 16.2. The number of rotatable bonds is 6. The number of benzene rings is 1. The third-order valence-electron chi connectivity index (χ3n) is 6.26. The number of nitrogens with one attached hydrogen (secondary N) is 1. The fraction of sp³-hybridized carbons (Fsp3) is 0.308. The largest absolute Gasteiger partial charge is 0.355 e. The maximum atomic E-state index is 13.3. The van der Waals surface area contributed by atoms with Crippen LogP contribution in [-0.4, -0.2) is 41.3 Å². The molecule has 0 aliphatic rings. The summed E-state index contributed by atoms with van der Waals surface area (Å²) in [6, 6.07) is 9.16. The van der Waals surface area contributed by atoms with Crippen LogP contribution in [0.4, 0.5) is 0 Å². The van der Waals surface area contributed by atoms with Crippen molar-refractivity contribution in [3.05, 3.63) is 82.7 Å². The summed E-state index contributed by atoms with van der Waals surface area (Å²) < 4.78 is 1.92. The molecule has 0 aliphatic carbocycles. The van der Waals surface area contributed by atoms with Crippen molar-refractivity contribution in [2.75, 3.05) is 14.1 Å². The number of likely N-dealkylation sites (N-methyl/N-ethyl adjacent to an activating group) is 1. The Morgan fingerprint density at radius 3 is 2.34 bits per heavy atom. The lowest BCUT2D eigenvalue weighted by atomic mass is 9.91. The third kappa shape index (κ3) is 4.18. The fourth-order valence-electron chi connectivity index (χ4n) is 3.90. The van der Waals surface area contributed by atoms with E-state index >= 15 is 0 Å². The first kappa shape index (κ1) is 23.3. The van der Waals surface area contributed by atoms with Crippen molar-refractivity contribution in [2.45, 2.75) is 39.8 Å². The molecule has 2 aromatic heterocycles. The van der Waals surface area contributed by atoms with Crippen LogP contribution in [0.1, 0.15) is 62.9 Å². The molecule has 0 spiro atoms. The molecule has 6 heteroatoms. The first-order chi connectivity index (χ1) is 15.1. The van der Waals surface area contributed by atoms with Crippen molar-refractivity contribution < 1.29 is 9.59 Å². The molecule has 0 aliphatic heterocycles. The Balaban J connectivity index is 1.94. The second kappa shape index (κ2) is 9.01. The number of aryl methyl sites for hydroxylation is 2. The summed E-state index contributed by atoms with van der Waals surface area (Å²) in [7, 11) is 3.37. The van der Waals surface area contributed by atoms with E-state index in [2.05, 4.69) is 11.9 Å². The average Bonchev–Trinajstić information content (AvgIpc) is 3.22. The van der Waals surface area contributed by atoms with Crippen LogP contribution in [0.5, 0.6) is 0 Å². The number of pyridine rings is 1. The molecule has 2 amide bonds. The smallest absolute Gasteiger partial charge is 0.255 e. The molecule has 0 fully saturated rings. The van der Waals surface area contributed by atoms with Gasteiger partial charge in [-0.1, -0.05) is 18.7 Å². The van der Waals surface area contributed by atoms with Gasteiger partial charge in [-0.3, -0.25) is 9.59 Å². The lowest BCUT2D eigenvalue weighted by Crippen LogP contribution is -2.36. The summed E-state index contributed by atoms with van der Waals surface area (Å²) in [5, 5.41) is 2.70. The average molecular weight is 433 g/mol. The highest BCUT2D eigenvalue weighted by Gasteiger charge is 2.25. The van der Waals surface area contributed by atoms with Gasteiger partial charge in [0.05, 0.1) is 17.1 Å². The van der Waals surface area contributed by atoms with E-state index in [4.69, 9.17) is 5.73 Å². The van der Waals surface area contributed by atoms with Gasteiger partial charge in [0.1, 0.15) is 0 Å². The van der Waals surface area contributed by atoms with Crippen LogP contribution >= 0.6 is 0 Å². The SMILES string of the molecule is C=C(c1cc(C)c(C)cc1C(=O)NC)C(C)N(C)C(=O)c1cc2c(C(C)N)cccn2c1. The number of aromatic nitrogens is 1. The molecule has 1 aromatic carbocycles. The van der Waals surface area contributed by atoms with E-state index in [0.717, 1.165) is 27.8 Å². The zero-order chi connectivity index (χ0) is 23.7. The molecule has 2 heterocycles. The molecule has 6 nitrogen and oxygen atoms in total. The normalized spacial score (nSPS) is 13.0. The molecule has 2 unspecified atom stereocenters. The molecule has 32 heavy (non-hydrogen) atoms. The Morgan fingerprint density at radius 1 is 1.12 bits per heavy atom. The Morgan fingerprint density at radius 2 is 1.75 bits per heavy atom. The van der Waals surface area contributed by atoms with Gasteiger partial charge in [0.2, 0.25) is 0 Å². The quantitative estimate of drug-likeness (QED) is 0.615. The molecule has 0 saturated carbocycles. The number of nitrogens with two attached hydrogens (primary N) is 1. The van der Waals surface area contributed by atoms with Crippen LogP contribution < -0.4 is 11.1 Å². The molecule has 3 N–H and O–H groups in total. The maximum Gasteiger partial charge on any atom is 0.255 e. The molecule has 0 saturated heterocycles. The monoisotopic (exact) mass is 432 g/mol. The van der Waals surface area contributed by atoms with Gasteiger partial charge in [0, 0.05) is 38.1 Å². The zero-order valence-electron chi connectivity index (χ0n) is 19.7. The minimum Gasteiger partial charge on any atom is -0.355 e. The van der Waals surface area contributed by atoms with Crippen LogP contribution in [0, 0.1) is 13.8 Å². The van der Waals surface area contributed by atoms with E-state index < -0.39 is 0 Å². The fourth-order valence-corrected chi connectivity index (χ4v) is 3.90. The minimum absolute atomic E-state index is 0.122. The van der Waals surface area contributed by atoms with Gasteiger partial charge in [-0.15, -0.1) is 0 Å². The summed E-state index contributed by atoms with van der Waals surface area (Å²) in [6.45, 7) is 12.1. The lowest BCUT2D eigenvalue weighted by molar-refractivity contribution is 0.0774. The Hall–Kier alpha value is -3.38. The van der Waals surface area contributed by atoms with Crippen LogP contribution in [0.25, 0.3) is 11.1 Å². The predicted octanol–water partition coefficient (Wildman–Crippen LogP) is 4.11. The Kier molecular flexibility index (Phi) is 6.55. The number of hydrogen-bond acceptors (Lipinski definition) is 3. The van der Waals surface area contributed by atoms with E-state index in [1.54, 1.807) is 19.0 Å². The summed E-state index contributed by atoms with van der Waals surface area (Å²) >= 11 is 0. The van der Waals surface area contributed by atoms with Gasteiger partial charge < -0.3 is 20.4 Å². The highest BCUT2D eigenvalue weighted by molar-refractivity contribution is 6.01. The van der Waals surface area contributed by atoms with Crippen LogP contribution in [0.15, 0.2) is 49.3 Å². The van der Waals surface area contributed by atoms with Crippen molar-refractivity contribution in [2.24, 2.45) is 5.73 Å². The second-order valence-electron chi connectivity index (χ2n) is 8.45. The molecular formula is C26H32N4O2. The van der Waals surface area contributed by atoms with E-state index in [1.807, 2.05) is 74.8 Å². The van der Waals surface area contributed by atoms with Gasteiger partial charge in [0.15, 0.2) is 0 Å². The molecule has 0 radical (unpaired) electrons. The number of nitrogens with zero attached hydrogens (tertiary/aromatic N) is 2. The maximum absolute atomic E-state index is 13.3. The van der Waals surface area contributed by atoms with Crippen molar-refractivity contribution in [1.29, 1.82) is 0 Å². The molecule has 3 rings (SSSR count). The first-order valence-corrected chi connectivity index (χ1v) is 10.7. The van der Waals surface area contributed by atoms with Gasteiger partial charge in [0.25, 0.3) is 11.8 Å². The van der Waals surface area contributed by atoms with Crippen molar-refractivity contribution in [1.82, 2.24) is 14.6 Å². The van der Waals surface area contributed by atoms with Gasteiger partial charge in [-0.05, 0) is 73.7 Å². The second-order valence-corrected chi connectivity index (χ2v) is 8.45. The number of carbonyl (C=O) groups excluding carboxylic acids is 2. The van der Waals surface area contributed by atoms with E-state index in [1.165, 1.54) is 0 Å². The van der Waals surface area contributed by atoms with Crippen LogP contribution in [0.2, 0.25) is 0 Å². The standard InChI is InChI=1S/C26H32N4O2/c1-15-11-22(23(12-16(15)2)25(31)28-6)17(3)19(5)29(7)26(32)20-13-24-21(18(4)27)9-8-10-30(24)14-20/h8-14,18-19H,3,27H2,1-2,4-7H3,(H,28,31). The Labute approximate surface area is 189 Å². The Bertz CT molecular complexity index is 1210. The minimum atomic E-state index is -0.316. The van der Waals surface area contributed by atoms with E-state index in [9.17, 15) is 9.59 Å². The zero-order valence-corrected chi connectivity index (χ0v) is 19.7. The molecule has 2 atom stereocenters. The van der Waals surface area contributed by atoms with E-state index in [-0.39, 0.29) is 23.9 Å². The van der Waals surface area contributed by atoms with Crippen LogP contribution in [0.3, 0.4) is 0 Å². The van der Waals surface area contributed by atoms with Crippen molar-refractivity contribution in [3.63, 3.8) is 0 Å². The van der Waals surface area contributed by atoms with E-state index in [0.29, 0.717) is 16.7 Å². The number of fused-ring (bicyclic) bond motifs is 1. The van der Waals surface area contributed by atoms with Crippen molar-refractivity contribution in [3.8, 4) is 0 Å². The van der Waals surface area contributed by atoms with Gasteiger partial charge in [-0.2, -0.15) is 0 Å². The lowest BCUT2D eigenvalue weighted by Gasteiger charge is -2.28. The van der Waals surface area contributed by atoms with Gasteiger partial charge >= 0.3 is 0 Å². The molecule has 168 valence electrons. The highest BCUT2D eigenvalue weighted by Crippen LogP contribution is 2.28. The van der Waals surface area contributed by atoms with Gasteiger partial charge in [-0.25, -0.2) is 0 Å². The van der Waals surface area contributed by atoms with Crippen molar-refractivity contribution >= 4 is 22.9 Å². The number of amides is 2. The third-order valence-corrected chi connectivity index (χ3v) is 6.26. The summed E-state index contributed by atoms with van der Waals surface area (Å²) in [5.41, 5.74) is 12.7. The predicted molar refractivity (Wildman–Crippen MR) is 130 cm³/mol. The number of carbonyl (C=O) groups is 2. The summed E-state index contributed by atoms with van der Waals surface area (Å²) in [4.78, 5) is 27.5. The number of hydrogen-bond donors (Lipinski definition) is 2. The topological polar surface area (TPSA) is 79.8 Å². The molecule has 0 bridgehead atoms.